The zero-order chi connectivity index (χ0) is 2.71. The SMILES string of the molecule is [Br][Al+][Br].[SH-]. The summed E-state index contributed by atoms with van der Waals surface area (Å²) < 4.78 is 0. The first-order valence-electron chi connectivity index (χ1n) is 0.436. The van der Waals surface area contributed by atoms with Gasteiger partial charge in [-0.3, -0.25) is 0 Å². The van der Waals surface area contributed by atoms with Gasteiger partial charge in [0.2, 0.25) is 0 Å². The van der Waals surface area contributed by atoms with Crippen molar-refractivity contribution in [3.05, 3.63) is 0 Å². The molecular weight excluding hydrogens is 219 g/mol. The van der Waals surface area contributed by atoms with Crippen LogP contribution in [0.1, 0.15) is 0 Å². The molecule has 4 heteroatoms. The topological polar surface area (TPSA) is 0 Å². The predicted octanol–water partition coefficient (Wildman–Crippen LogP) is 1.04. The summed E-state index contributed by atoms with van der Waals surface area (Å²) in [6.07, 6.45) is 0. The summed E-state index contributed by atoms with van der Waals surface area (Å²) in [4.78, 5) is 0. The Labute approximate surface area is 52.8 Å². The molecule has 0 saturated heterocycles. The first-order valence-corrected chi connectivity index (χ1v) is 6.80. The molecule has 0 aromatic heterocycles. The largest absolute Gasteiger partial charge is 0.813 e. The quantitative estimate of drug-likeness (QED) is 0.334. The van der Waals surface area contributed by atoms with E-state index in [0.717, 1.165) is 0 Å². The number of hydrogen-bond donors (Lipinski definition) is 0. The van der Waals surface area contributed by atoms with Crippen LogP contribution in [0.4, 0.5) is 0 Å². The molecule has 0 aromatic carbocycles. The minimum Gasteiger partial charge on any atom is -0.813 e. The molecule has 0 rings (SSSR count). The summed E-state index contributed by atoms with van der Waals surface area (Å²) in [5.74, 6) is 0. The number of halogens is 2. The third kappa shape index (κ3) is 9.15. The first kappa shape index (κ1) is 9.28. The Kier molecular flexibility index (Phi) is 20.5. The van der Waals surface area contributed by atoms with Gasteiger partial charge >= 0.3 is 39.7 Å². The fourth-order valence-electron chi connectivity index (χ4n) is 0. The van der Waals surface area contributed by atoms with Crippen molar-refractivity contribution in [2.75, 3.05) is 0 Å². The molecule has 0 aromatic rings. The predicted molar refractivity (Wildman–Crippen MR) is 32.4 cm³/mol. The van der Waals surface area contributed by atoms with Gasteiger partial charge in [0, 0.05) is 0 Å². The monoisotopic (exact) mass is 218 g/mol. The smallest absolute Gasteiger partial charge is 0.813 e. The Morgan fingerprint density at radius 2 is 1.25 bits per heavy atom. The van der Waals surface area contributed by atoms with Crippen molar-refractivity contribution >= 4 is 53.2 Å². The first-order chi connectivity index (χ1) is 1.41. The van der Waals surface area contributed by atoms with Crippen LogP contribution in [-0.4, -0.2) is 11.6 Å². The van der Waals surface area contributed by atoms with Crippen molar-refractivity contribution in [3.63, 3.8) is 0 Å². The molecule has 0 unspecified atom stereocenters. The molecule has 0 aliphatic heterocycles. The average Bonchev–Trinajstić information content (AvgIpc) is 0.918. The third-order valence-electron chi connectivity index (χ3n) is 0. The van der Waals surface area contributed by atoms with Crippen LogP contribution in [0.2, 0.25) is 0 Å². The van der Waals surface area contributed by atoms with E-state index in [1.807, 2.05) is 0 Å². The summed E-state index contributed by atoms with van der Waals surface area (Å²) in [6, 6.07) is 0. The molecule has 0 fully saturated rings. The summed E-state index contributed by atoms with van der Waals surface area (Å²) in [5.41, 5.74) is 0. The molecule has 24 valence electrons. The van der Waals surface area contributed by atoms with Gasteiger partial charge in [0.05, 0.1) is 0 Å². The fourth-order valence-corrected chi connectivity index (χ4v) is 0. The molecule has 0 radical (unpaired) electrons. The second-order valence-corrected chi connectivity index (χ2v) is 6.68. The third-order valence-corrected chi connectivity index (χ3v) is 0. The van der Waals surface area contributed by atoms with Gasteiger partial charge in [-0.15, -0.1) is 0 Å². The van der Waals surface area contributed by atoms with Gasteiger partial charge < -0.3 is 13.5 Å². The van der Waals surface area contributed by atoms with Crippen LogP contribution in [-0.2, 0) is 13.5 Å². The van der Waals surface area contributed by atoms with Gasteiger partial charge in [-0.1, -0.05) is 0 Å². The number of thiol groups is 1. The fraction of sp³-hybridized carbons (Fsp3) is 0. The zero-order valence-electron chi connectivity index (χ0n) is 1.78. The molecule has 4 heavy (non-hydrogen) atoms. The van der Waals surface area contributed by atoms with Crippen LogP contribution in [0, 0.1) is 0 Å². The molecule has 0 aliphatic rings. The molecule has 0 nitrogen and oxygen atoms in total. The van der Waals surface area contributed by atoms with Gasteiger partial charge in [-0.2, -0.15) is 0 Å². The van der Waals surface area contributed by atoms with Crippen molar-refractivity contribution in [2.45, 2.75) is 0 Å². The van der Waals surface area contributed by atoms with Gasteiger partial charge in [0.15, 0.2) is 0 Å². The molecule has 0 saturated carbocycles. The summed E-state index contributed by atoms with van der Waals surface area (Å²) >= 11 is 6.67. The average molecular weight is 220 g/mol. The van der Waals surface area contributed by atoms with E-state index in [2.05, 4.69) is 28.1 Å². The molecule has 0 amide bonds. The molecule has 0 aliphatic carbocycles. The van der Waals surface area contributed by atoms with Gasteiger partial charge in [-0.05, 0) is 0 Å². The normalized spacial score (nSPS) is 2.50. The zero-order valence-corrected chi connectivity index (χ0v) is 7.00. The standard InChI is InChI=1S/Al.2BrH.H2S/h;2*1H;1H2/q+3;;;/p-3. The van der Waals surface area contributed by atoms with Gasteiger partial charge in [0.25, 0.3) is 0 Å². The van der Waals surface area contributed by atoms with Gasteiger partial charge in [-0.25, -0.2) is 0 Å². The van der Waals surface area contributed by atoms with E-state index in [-0.39, 0.29) is 13.5 Å². The second kappa shape index (κ2) is 8.85. The van der Waals surface area contributed by atoms with E-state index < -0.39 is 0 Å². The molecular formula is HAlBr2S. The van der Waals surface area contributed by atoms with Gasteiger partial charge in [0.1, 0.15) is 0 Å². The number of hydrogen-bond acceptors (Lipinski definition) is 1. The Morgan fingerprint density at radius 3 is 1.25 bits per heavy atom. The maximum atomic E-state index is 3.15. The molecule has 0 heterocycles. The van der Waals surface area contributed by atoms with E-state index in [1.165, 1.54) is 0 Å². The Hall–Kier alpha value is 1.84. The Bertz CT molecular complexity index is 6.00. The number of rotatable bonds is 0. The molecule has 0 spiro atoms. The van der Waals surface area contributed by atoms with Crippen LogP contribution in [0.5, 0.6) is 0 Å². The van der Waals surface area contributed by atoms with Crippen LogP contribution in [0.25, 0.3) is 0 Å². The summed E-state index contributed by atoms with van der Waals surface area (Å²) in [7, 11) is 0. The van der Waals surface area contributed by atoms with E-state index in [4.69, 9.17) is 0 Å². The molecule has 0 atom stereocenters. The van der Waals surface area contributed by atoms with Crippen molar-refractivity contribution in [2.24, 2.45) is 0 Å². The Morgan fingerprint density at radius 1 is 1.25 bits per heavy atom. The summed E-state index contributed by atoms with van der Waals surface area (Å²) in [5, 5.41) is 0. The maximum Gasteiger partial charge on any atom is -0.813 e. The molecule has 0 N–H and O–H groups in total. The maximum absolute atomic E-state index is 3.15. The molecule has 0 bridgehead atoms. The minimum atomic E-state index is 0. The van der Waals surface area contributed by atoms with E-state index in [9.17, 15) is 0 Å². The van der Waals surface area contributed by atoms with Crippen molar-refractivity contribution in [1.29, 1.82) is 0 Å². The van der Waals surface area contributed by atoms with Crippen molar-refractivity contribution < 1.29 is 0 Å². The van der Waals surface area contributed by atoms with E-state index in [0.29, 0.717) is 11.6 Å². The van der Waals surface area contributed by atoms with Crippen LogP contribution >= 0.6 is 28.1 Å². The van der Waals surface area contributed by atoms with Crippen molar-refractivity contribution in [1.82, 2.24) is 0 Å². The van der Waals surface area contributed by atoms with E-state index >= 15 is 0 Å². The van der Waals surface area contributed by atoms with Crippen LogP contribution < -0.4 is 0 Å². The van der Waals surface area contributed by atoms with Crippen LogP contribution in [0.15, 0.2) is 0 Å². The second-order valence-electron chi connectivity index (χ2n) is 0.0825. The minimum absolute atomic E-state index is 0. The Balaban J connectivity index is 0. The summed E-state index contributed by atoms with van der Waals surface area (Å²) in [6.45, 7) is 0. The van der Waals surface area contributed by atoms with E-state index in [1.54, 1.807) is 0 Å². The van der Waals surface area contributed by atoms with Crippen LogP contribution in [0.3, 0.4) is 0 Å². The van der Waals surface area contributed by atoms with Crippen molar-refractivity contribution in [3.8, 4) is 0 Å².